The van der Waals surface area contributed by atoms with E-state index in [9.17, 15) is 21.6 Å². The van der Waals surface area contributed by atoms with Gasteiger partial charge in [0.05, 0.1) is 36.8 Å². The zero-order valence-electron chi connectivity index (χ0n) is 10.5. The van der Waals surface area contributed by atoms with Crippen molar-refractivity contribution in [3.63, 3.8) is 0 Å². The molecule has 1 aliphatic heterocycles. The van der Waals surface area contributed by atoms with E-state index in [1.165, 1.54) is 18.2 Å². The molecule has 0 spiro atoms. The van der Waals surface area contributed by atoms with E-state index in [2.05, 4.69) is 5.32 Å². The van der Waals surface area contributed by atoms with Crippen LogP contribution in [-0.4, -0.2) is 8.42 Å². The van der Waals surface area contributed by atoms with Crippen molar-refractivity contribution in [1.82, 2.24) is 0 Å². The molecule has 0 aliphatic carbocycles. The molecule has 1 heterocycles. The van der Waals surface area contributed by atoms with Crippen LogP contribution in [0.15, 0.2) is 40.1 Å². The van der Waals surface area contributed by atoms with E-state index in [0.717, 1.165) is 6.07 Å². The topological polar surface area (TPSA) is 46.2 Å². The second-order valence-corrected chi connectivity index (χ2v) is 7.27. The number of halogens is 5. The Kier molecular flexibility index (Phi) is 3.36. The molecule has 2 aromatic rings. The Morgan fingerprint density at radius 2 is 1.68 bits per heavy atom. The molecule has 0 unspecified atom stereocenters. The van der Waals surface area contributed by atoms with Crippen molar-refractivity contribution in [2.75, 3.05) is 5.32 Å². The molecule has 1 N–H and O–H groups in total. The molecule has 116 valence electrons. The van der Waals surface area contributed by atoms with Gasteiger partial charge in [-0.05, 0) is 24.3 Å². The molecule has 2 aromatic carbocycles. The van der Waals surface area contributed by atoms with Gasteiger partial charge in [0.25, 0.3) is 0 Å². The van der Waals surface area contributed by atoms with Crippen molar-refractivity contribution in [2.24, 2.45) is 0 Å². The quantitative estimate of drug-likeness (QED) is 0.614. The van der Waals surface area contributed by atoms with Crippen LogP contribution in [0.5, 0.6) is 0 Å². The maximum Gasteiger partial charge on any atom is 0.417 e. The van der Waals surface area contributed by atoms with E-state index >= 15 is 0 Å². The number of para-hydroxylation sites is 1. The fraction of sp³-hybridized carbons (Fsp3) is 0.0769. The number of anilines is 2. The Labute approximate surface area is 133 Å². The van der Waals surface area contributed by atoms with Gasteiger partial charge in [-0.25, -0.2) is 8.42 Å². The number of alkyl halides is 3. The van der Waals surface area contributed by atoms with Crippen LogP contribution in [0.25, 0.3) is 0 Å². The average Bonchev–Trinajstić information content (AvgIpc) is 2.38. The molecule has 0 fully saturated rings. The largest absolute Gasteiger partial charge is 0.417 e. The van der Waals surface area contributed by atoms with E-state index in [4.69, 9.17) is 23.2 Å². The fourth-order valence-corrected chi connectivity index (χ4v) is 4.34. The van der Waals surface area contributed by atoms with Gasteiger partial charge in [-0.1, -0.05) is 29.3 Å². The number of benzene rings is 2. The van der Waals surface area contributed by atoms with E-state index in [-0.39, 0.29) is 21.3 Å². The minimum absolute atomic E-state index is 0.0430. The Morgan fingerprint density at radius 3 is 2.32 bits per heavy atom. The van der Waals surface area contributed by atoms with Crippen molar-refractivity contribution in [3.05, 3.63) is 45.9 Å². The van der Waals surface area contributed by atoms with Gasteiger partial charge in [0.1, 0.15) is 0 Å². The summed E-state index contributed by atoms with van der Waals surface area (Å²) in [5, 5.41) is 2.27. The molecule has 3 rings (SSSR count). The highest BCUT2D eigenvalue weighted by atomic mass is 35.5. The molecule has 9 heteroatoms. The van der Waals surface area contributed by atoms with Crippen molar-refractivity contribution in [1.29, 1.82) is 0 Å². The normalized spacial score (nSPS) is 15.7. The first-order valence-corrected chi connectivity index (χ1v) is 8.07. The highest BCUT2D eigenvalue weighted by molar-refractivity contribution is 7.92. The van der Waals surface area contributed by atoms with Crippen LogP contribution >= 0.6 is 23.2 Å². The molecule has 0 amide bonds. The molecular weight excluding hydrogens is 362 g/mol. The second-order valence-electron chi connectivity index (χ2n) is 4.57. The van der Waals surface area contributed by atoms with Crippen LogP contribution < -0.4 is 5.32 Å². The molecule has 0 atom stereocenters. The SMILES string of the molecule is O=S1(=O)c2cc(C(F)(F)F)c(Cl)cc2Nc2c(Cl)cccc21. The summed E-state index contributed by atoms with van der Waals surface area (Å²) in [6.45, 7) is 0. The van der Waals surface area contributed by atoms with Crippen LogP contribution in [0.2, 0.25) is 10.0 Å². The molecule has 0 bridgehead atoms. The number of sulfone groups is 1. The number of rotatable bonds is 0. The van der Waals surface area contributed by atoms with E-state index < -0.39 is 31.5 Å². The first-order chi connectivity index (χ1) is 10.1. The molecule has 0 aromatic heterocycles. The molecule has 3 nitrogen and oxygen atoms in total. The van der Waals surface area contributed by atoms with E-state index in [1.807, 2.05) is 0 Å². The highest BCUT2D eigenvalue weighted by Crippen LogP contribution is 2.46. The zero-order chi connectivity index (χ0) is 16.3. The van der Waals surface area contributed by atoms with Gasteiger partial charge in [-0.15, -0.1) is 0 Å². The van der Waals surface area contributed by atoms with Gasteiger partial charge in [0.2, 0.25) is 9.84 Å². The fourth-order valence-electron chi connectivity index (χ4n) is 2.19. The minimum Gasteiger partial charge on any atom is -0.352 e. The summed E-state index contributed by atoms with van der Waals surface area (Å²) in [7, 11) is -4.13. The van der Waals surface area contributed by atoms with Crippen LogP contribution in [-0.2, 0) is 16.0 Å². The third-order valence-electron chi connectivity index (χ3n) is 3.19. The summed E-state index contributed by atoms with van der Waals surface area (Å²) in [6.07, 6.45) is -4.75. The van der Waals surface area contributed by atoms with Gasteiger partial charge in [0.15, 0.2) is 0 Å². The van der Waals surface area contributed by atoms with Gasteiger partial charge < -0.3 is 5.32 Å². The predicted molar refractivity (Wildman–Crippen MR) is 76.6 cm³/mol. The van der Waals surface area contributed by atoms with Crippen molar-refractivity contribution in [2.45, 2.75) is 16.0 Å². The summed E-state index contributed by atoms with van der Waals surface area (Å²) in [6, 6.07) is 5.62. The summed E-state index contributed by atoms with van der Waals surface area (Å²) < 4.78 is 63.8. The molecule has 0 saturated heterocycles. The van der Waals surface area contributed by atoms with Gasteiger partial charge in [-0.2, -0.15) is 13.2 Å². The van der Waals surface area contributed by atoms with Crippen molar-refractivity contribution in [3.8, 4) is 0 Å². The number of hydrogen-bond acceptors (Lipinski definition) is 3. The lowest BCUT2D eigenvalue weighted by Gasteiger charge is -2.24. The first kappa shape index (κ1) is 15.5. The van der Waals surface area contributed by atoms with Crippen LogP contribution in [0.4, 0.5) is 24.5 Å². The highest BCUT2D eigenvalue weighted by Gasteiger charge is 2.38. The molecular formula is C13H6Cl2F3NO2S. The van der Waals surface area contributed by atoms with Gasteiger partial charge >= 0.3 is 6.18 Å². The summed E-state index contributed by atoms with van der Waals surface area (Å²) in [4.78, 5) is -0.665. The third kappa shape index (κ3) is 2.24. The first-order valence-electron chi connectivity index (χ1n) is 5.84. The predicted octanol–water partition coefficient (Wildman–Crippen LogP) is 4.90. The molecule has 0 radical (unpaired) electrons. The van der Waals surface area contributed by atoms with Crippen LogP contribution in [0.1, 0.15) is 5.56 Å². The number of nitrogens with one attached hydrogen (secondary N) is 1. The van der Waals surface area contributed by atoms with E-state index in [1.54, 1.807) is 0 Å². The van der Waals surface area contributed by atoms with Gasteiger partial charge in [-0.3, -0.25) is 0 Å². The summed E-state index contributed by atoms with van der Waals surface area (Å²) >= 11 is 11.6. The van der Waals surface area contributed by atoms with Gasteiger partial charge in [0, 0.05) is 0 Å². The van der Waals surface area contributed by atoms with Crippen molar-refractivity contribution >= 4 is 44.4 Å². The lowest BCUT2D eigenvalue weighted by molar-refractivity contribution is -0.137. The molecule has 0 saturated carbocycles. The Balaban J connectivity index is 2.33. The smallest absolute Gasteiger partial charge is 0.352 e. The number of fused-ring (bicyclic) bond motifs is 2. The Bertz CT molecular complexity index is 895. The lowest BCUT2D eigenvalue weighted by Crippen LogP contribution is -2.16. The second kappa shape index (κ2) is 4.78. The maximum absolute atomic E-state index is 12.9. The van der Waals surface area contributed by atoms with Crippen molar-refractivity contribution < 1.29 is 21.6 Å². The van der Waals surface area contributed by atoms with Crippen LogP contribution in [0, 0.1) is 0 Å². The lowest BCUT2D eigenvalue weighted by atomic mass is 10.2. The Morgan fingerprint density at radius 1 is 1.00 bits per heavy atom. The maximum atomic E-state index is 12.9. The summed E-state index contributed by atoms with van der Waals surface area (Å²) in [5.74, 6) is 0. The monoisotopic (exact) mass is 367 g/mol. The average molecular weight is 368 g/mol. The zero-order valence-corrected chi connectivity index (χ0v) is 12.8. The third-order valence-corrected chi connectivity index (χ3v) is 5.65. The Hall–Kier alpha value is -1.44. The molecule has 22 heavy (non-hydrogen) atoms. The molecule has 1 aliphatic rings. The standard InChI is InChI=1S/C13H6Cl2F3NO2S/c14-7-2-1-3-10-12(7)19-9-5-8(15)6(13(16,17)18)4-11(9)22(10,20)21/h1-5,19H. The van der Waals surface area contributed by atoms with Crippen LogP contribution in [0.3, 0.4) is 0 Å². The van der Waals surface area contributed by atoms with E-state index in [0.29, 0.717) is 6.07 Å². The number of hydrogen-bond donors (Lipinski definition) is 1. The minimum atomic E-state index is -4.75. The summed E-state index contributed by atoms with van der Waals surface area (Å²) in [5.41, 5.74) is -1.13.